The SMILES string of the molecule is CC1(NCC(F)(F)F)CCS(=O)(=O)C1. The zero-order chi connectivity index (χ0) is 11.0. The lowest BCUT2D eigenvalue weighted by Gasteiger charge is -2.24. The Balaban J connectivity index is 2.54. The van der Waals surface area contributed by atoms with Crippen LogP contribution in [0.3, 0.4) is 0 Å². The molecule has 0 amide bonds. The summed E-state index contributed by atoms with van der Waals surface area (Å²) in [7, 11) is -3.15. The van der Waals surface area contributed by atoms with Gasteiger partial charge in [0.15, 0.2) is 9.84 Å². The van der Waals surface area contributed by atoms with E-state index in [1.165, 1.54) is 6.92 Å². The Hall–Kier alpha value is -0.300. The molecule has 1 fully saturated rings. The first-order chi connectivity index (χ1) is 6.12. The molecule has 0 spiro atoms. The molecular formula is C7H12F3NO2S. The summed E-state index contributed by atoms with van der Waals surface area (Å²) in [6.07, 6.45) is -4.05. The maximum Gasteiger partial charge on any atom is 0.401 e. The van der Waals surface area contributed by atoms with E-state index < -0.39 is 28.1 Å². The van der Waals surface area contributed by atoms with Gasteiger partial charge in [0, 0.05) is 5.54 Å². The molecule has 0 aromatic rings. The number of hydrogen-bond donors (Lipinski definition) is 1. The Bertz CT molecular complexity index is 311. The van der Waals surface area contributed by atoms with Gasteiger partial charge in [0.05, 0.1) is 18.1 Å². The summed E-state index contributed by atoms with van der Waals surface area (Å²) in [5, 5.41) is 2.25. The van der Waals surface area contributed by atoms with Crippen LogP contribution in [0.4, 0.5) is 13.2 Å². The first kappa shape index (κ1) is 11.8. The highest BCUT2D eigenvalue weighted by atomic mass is 32.2. The summed E-state index contributed by atoms with van der Waals surface area (Å²) in [4.78, 5) is 0. The number of halogens is 3. The summed E-state index contributed by atoms with van der Waals surface area (Å²) in [6.45, 7) is 0.363. The number of alkyl halides is 3. The van der Waals surface area contributed by atoms with Crippen molar-refractivity contribution in [3.8, 4) is 0 Å². The third-order valence-corrected chi connectivity index (χ3v) is 4.12. The minimum absolute atomic E-state index is 0.0334. The van der Waals surface area contributed by atoms with Crippen LogP contribution in [0.2, 0.25) is 0 Å². The Kier molecular flexibility index (Phi) is 2.84. The largest absolute Gasteiger partial charge is 0.401 e. The molecule has 0 aliphatic carbocycles. The Morgan fingerprint density at radius 3 is 2.36 bits per heavy atom. The molecule has 1 saturated heterocycles. The Morgan fingerprint density at radius 1 is 1.43 bits per heavy atom. The standard InChI is InChI=1S/C7H12F3NO2S/c1-6(11-4-7(8,9)10)2-3-14(12,13)5-6/h11H,2-5H2,1H3. The second-order valence-corrected chi connectivity index (χ2v) is 6.06. The van der Waals surface area contributed by atoms with Gasteiger partial charge in [-0.3, -0.25) is 0 Å². The molecular weight excluding hydrogens is 219 g/mol. The molecule has 14 heavy (non-hydrogen) atoms. The fourth-order valence-corrected chi connectivity index (χ4v) is 3.59. The highest BCUT2D eigenvalue weighted by Crippen LogP contribution is 2.24. The fraction of sp³-hybridized carbons (Fsp3) is 1.00. The minimum atomic E-state index is -4.30. The zero-order valence-electron chi connectivity index (χ0n) is 7.69. The third kappa shape index (κ3) is 3.45. The van der Waals surface area contributed by atoms with E-state index in [1.54, 1.807) is 0 Å². The van der Waals surface area contributed by atoms with Crippen molar-refractivity contribution in [2.45, 2.75) is 25.1 Å². The predicted octanol–water partition coefficient (Wildman–Crippen LogP) is 0.716. The van der Waals surface area contributed by atoms with Gasteiger partial charge in [-0.1, -0.05) is 0 Å². The van der Waals surface area contributed by atoms with Crippen LogP contribution in [-0.4, -0.2) is 38.2 Å². The van der Waals surface area contributed by atoms with Gasteiger partial charge in [0.25, 0.3) is 0 Å². The zero-order valence-corrected chi connectivity index (χ0v) is 8.50. The molecule has 0 aromatic carbocycles. The molecule has 0 saturated carbocycles. The molecule has 0 aromatic heterocycles. The molecule has 1 rings (SSSR count). The molecule has 3 nitrogen and oxygen atoms in total. The monoisotopic (exact) mass is 231 g/mol. The maximum atomic E-state index is 11.9. The fourth-order valence-electron chi connectivity index (χ4n) is 1.46. The van der Waals surface area contributed by atoms with E-state index in [4.69, 9.17) is 0 Å². The molecule has 0 bridgehead atoms. The lowest BCUT2D eigenvalue weighted by molar-refractivity contribution is -0.128. The van der Waals surface area contributed by atoms with Crippen molar-refractivity contribution in [1.82, 2.24) is 5.32 Å². The van der Waals surface area contributed by atoms with E-state index >= 15 is 0 Å². The lowest BCUT2D eigenvalue weighted by Crippen LogP contribution is -2.47. The smallest absolute Gasteiger partial charge is 0.302 e. The minimum Gasteiger partial charge on any atom is -0.302 e. The third-order valence-electron chi connectivity index (χ3n) is 2.22. The van der Waals surface area contributed by atoms with Gasteiger partial charge in [-0.25, -0.2) is 8.42 Å². The van der Waals surface area contributed by atoms with Crippen molar-refractivity contribution in [3.05, 3.63) is 0 Å². The van der Waals surface area contributed by atoms with Crippen LogP contribution in [0.5, 0.6) is 0 Å². The van der Waals surface area contributed by atoms with Crippen LogP contribution in [-0.2, 0) is 9.84 Å². The molecule has 84 valence electrons. The second kappa shape index (κ2) is 3.37. The Morgan fingerprint density at radius 2 is 2.00 bits per heavy atom. The van der Waals surface area contributed by atoms with Crippen molar-refractivity contribution >= 4 is 9.84 Å². The van der Waals surface area contributed by atoms with Crippen LogP contribution in [0.15, 0.2) is 0 Å². The molecule has 1 atom stereocenters. The van der Waals surface area contributed by atoms with E-state index in [9.17, 15) is 21.6 Å². The van der Waals surface area contributed by atoms with Crippen LogP contribution in [0.25, 0.3) is 0 Å². The van der Waals surface area contributed by atoms with E-state index in [-0.39, 0.29) is 17.9 Å². The molecule has 0 radical (unpaired) electrons. The topological polar surface area (TPSA) is 46.2 Å². The van der Waals surface area contributed by atoms with Crippen LogP contribution in [0, 0.1) is 0 Å². The average molecular weight is 231 g/mol. The maximum absolute atomic E-state index is 11.9. The lowest BCUT2D eigenvalue weighted by atomic mass is 10.0. The average Bonchev–Trinajstić information content (AvgIpc) is 2.22. The van der Waals surface area contributed by atoms with Gasteiger partial charge in [-0.15, -0.1) is 0 Å². The summed E-state index contributed by atoms with van der Waals surface area (Å²) < 4.78 is 57.7. The van der Waals surface area contributed by atoms with E-state index in [2.05, 4.69) is 5.32 Å². The van der Waals surface area contributed by atoms with E-state index in [0.29, 0.717) is 0 Å². The van der Waals surface area contributed by atoms with Crippen LogP contribution < -0.4 is 5.32 Å². The predicted molar refractivity (Wildman–Crippen MR) is 45.7 cm³/mol. The van der Waals surface area contributed by atoms with Crippen molar-refractivity contribution in [1.29, 1.82) is 0 Å². The van der Waals surface area contributed by atoms with Gasteiger partial charge in [0.2, 0.25) is 0 Å². The quantitative estimate of drug-likeness (QED) is 0.761. The van der Waals surface area contributed by atoms with Crippen molar-refractivity contribution in [3.63, 3.8) is 0 Å². The first-order valence-corrected chi connectivity index (χ1v) is 5.96. The molecule has 7 heteroatoms. The van der Waals surface area contributed by atoms with Gasteiger partial charge >= 0.3 is 6.18 Å². The molecule has 1 N–H and O–H groups in total. The first-order valence-electron chi connectivity index (χ1n) is 4.14. The Labute approximate surface area is 80.6 Å². The summed E-state index contributed by atoms with van der Waals surface area (Å²) in [5.74, 6) is -0.246. The van der Waals surface area contributed by atoms with Gasteiger partial charge in [-0.2, -0.15) is 13.2 Å². The van der Waals surface area contributed by atoms with Crippen molar-refractivity contribution in [2.75, 3.05) is 18.1 Å². The molecule has 1 unspecified atom stereocenters. The van der Waals surface area contributed by atoms with Gasteiger partial charge < -0.3 is 5.32 Å². The molecule has 1 aliphatic heterocycles. The van der Waals surface area contributed by atoms with E-state index in [1.807, 2.05) is 0 Å². The summed E-state index contributed by atoms with van der Waals surface area (Å²) >= 11 is 0. The van der Waals surface area contributed by atoms with Gasteiger partial charge in [-0.05, 0) is 13.3 Å². The van der Waals surface area contributed by atoms with Gasteiger partial charge in [0.1, 0.15) is 0 Å². The number of sulfone groups is 1. The van der Waals surface area contributed by atoms with Crippen LogP contribution in [0.1, 0.15) is 13.3 Å². The van der Waals surface area contributed by atoms with E-state index in [0.717, 1.165) is 0 Å². The highest BCUT2D eigenvalue weighted by molar-refractivity contribution is 7.91. The van der Waals surface area contributed by atoms with Crippen LogP contribution >= 0.6 is 0 Å². The summed E-state index contributed by atoms with van der Waals surface area (Å²) in [5.41, 5.74) is -0.922. The van der Waals surface area contributed by atoms with Crippen molar-refractivity contribution in [2.24, 2.45) is 0 Å². The summed E-state index contributed by atoms with van der Waals surface area (Å²) in [6, 6.07) is 0. The highest BCUT2D eigenvalue weighted by Gasteiger charge is 2.40. The number of rotatable bonds is 2. The second-order valence-electron chi connectivity index (χ2n) is 3.87. The number of hydrogen-bond acceptors (Lipinski definition) is 3. The molecule has 1 heterocycles. The normalized spacial score (nSPS) is 32.0. The van der Waals surface area contributed by atoms with Crippen molar-refractivity contribution < 1.29 is 21.6 Å². The molecule has 1 aliphatic rings. The number of nitrogens with one attached hydrogen (secondary N) is 1.